The predicted molar refractivity (Wildman–Crippen MR) is 197 cm³/mol. The molecule has 2 fully saturated rings. The number of anilines is 2. The highest BCUT2D eigenvalue weighted by molar-refractivity contribution is 6.10. The van der Waals surface area contributed by atoms with Gasteiger partial charge in [-0.05, 0) is 67.5 Å². The number of unbranched alkanes of at least 4 members (excludes halogenated alkanes) is 2. The number of fused-ring (bicyclic) bond motifs is 2. The van der Waals surface area contributed by atoms with Crippen molar-refractivity contribution in [3.63, 3.8) is 0 Å². The summed E-state index contributed by atoms with van der Waals surface area (Å²) in [5, 5.41) is 3.60. The van der Waals surface area contributed by atoms with E-state index in [1.165, 1.54) is 82.9 Å². The van der Waals surface area contributed by atoms with Gasteiger partial charge in [0.05, 0.1) is 13.1 Å². The van der Waals surface area contributed by atoms with Gasteiger partial charge in [-0.2, -0.15) is 0 Å². The van der Waals surface area contributed by atoms with Crippen molar-refractivity contribution in [1.82, 2.24) is 5.32 Å². The summed E-state index contributed by atoms with van der Waals surface area (Å²) in [4.78, 5) is 5.21. The van der Waals surface area contributed by atoms with E-state index in [2.05, 4.69) is 134 Å². The van der Waals surface area contributed by atoms with Crippen molar-refractivity contribution in [3.05, 3.63) is 107 Å². The minimum Gasteiger partial charge on any atom is -1.00 e. The summed E-state index contributed by atoms with van der Waals surface area (Å²) in [6.07, 6.45) is 18.3. The maximum Gasteiger partial charge on any atom is 0.206 e. The van der Waals surface area contributed by atoms with Crippen molar-refractivity contribution < 1.29 is 28.6 Å². The zero-order valence-corrected chi connectivity index (χ0v) is 32.0. The number of hydrogen-bond donors (Lipinski definition) is 1. The lowest BCUT2D eigenvalue weighted by atomic mass is 9.82. The molecule has 2 aromatic carbocycles. The summed E-state index contributed by atoms with van der Waals surface area (Å²) >= 11 is 0. The van der Waals surface area contributed by atoms with Gasteiger partial charge in [-0.3, -0.25) is 0 Å². The van der Waals surface area contributed by atoms with Gasteiger partial charge in [0.2, 0.25) is 5.71 Å². The molecule has 1 aliphatic carbocycles. The van der Waals surface area contributed by atoms with E-state index in [0.29, 0.717) is 0 Å². The number of piperazine rings is 1. The Morgan fingerprint density at radius 2 is 1.13 bits per heavy atom. The zero-order chi connectivity index (χ0) is 32.3. The van der Waals surface area contributed by atoms with Crippen molar-refractivity contribution in [2.24, 2.45) is 0 Å². The maximum atomic E-state index is 3.60. The summed E-state index contributed by atoms with van der Waals surface area (Å²) < 4.78 is 2.68. The molecule has 0 radical (unpaired) electrons. The van der Waals surface area contributed by atoms with Crippen molar-refractivity contribution in [1.29, 1.82) is 0 Å². The number of hydrogen-bond acceptors (Lipinski definition) is 3. The number of allylic oxidation sites excluding steroid dienone is 8. The van der Waals surface area contributed by atoms with Gasteiger partial charge in [0, 0.05) is 57.8 Å². The van der Waals surface area contributed by atoms with Crippen molar-refractivity contribution in [3.8, 4) is 0 Å². The maximum absolute atomic E-state index is 3.60. The standard InChI is InChI=1S/C42H57N4.HI/c1-7-9-28-45-36-20-13-11-18-34(36)41(3,4)38(45)24-22-32-16-15-17-33(40(32)44-30-26-43-27-31-44)23-25-39-42(5,6)35-19-12-14-21-37(35)46(39)29-10-8-2;/h11-14,18-25,43H,7-10,15-17,26-31H2,1-6H3;1H/q+1;/p-1. The average molecular weight is 745 g/mol. The van der Waals surface area contributed by atoms with E-state index < -0.39 is 0 Å². The van der Waals surface area contributed by atoms with Crippen LogP contribution in [0.3, 0.4) is 0 Å². The first kappa shape index (κ1) is 35.7. The molecule has 4 aliphatic rings. The van der Waals surface area contributed by atoms with Crippen LogP contribution in [0.4, 0.5) is 11.4 Å². The molecule has 4 nitrogen and oxygen atoms in total. The molecule has 0 unspecified atom stereocenters. The number of benzene rings is 2. The van der Waals surface area contributed by atoms with Crippen LogP contribution >= 0.6 is 0 Å². The van der Waals surface area contributed by atoms with Crippen LogP contribution in [-0.4, -0.2) is 49.6 Å². The van der Waals surface area contributed by atoms with Crippen molar-refractivity contribution >= 4 is 17.1 Å². The molecule has 1 saturated carbocycles. The second-order valence-corrected chi connectivity index (χ2v) is 14.7. The van der Waals surface area contributed by atoms with Crippen LogP contribution in [0.15, 0.2) is 95.4 Å². The molecule has 1 saturated heterocycles. The lowest BCUT2D eigenvalue weighted by Crippen LogP contribution is -3.00. The fraction of sp³-hybridized carbons (Fsp3) is 0.500. The Balaban J connectivity index is 0.00000433. The van der Waals surface area contributed by atoms with Gasteiger partial charge in [0.1, 0.15) is 0 Å². The number of halogens is 1. The second kappa shape index (κ2) is 15.3. The molecule has 0 atom stereocenters. The van der Waals surface area contributed by atoms with Crippen LogP contribution in [0, 0.1) is 0 Å². The molecule has 6 rings (SSSR count). The van der Waals surface area contributed by atoms with E-state index in [1.54, 1.807) is 0 Å². The monoisotopic (exact) mass is 744 g/mol. The van der Waals surface area contributed by atoms with Gasteiger partial charge < -0.3 is 39.1 Å². The normalized spacial score (nSPS) is 23.5. The van der Waals surface area contributed by atoms with Gasteiger partial charge in [-0.1, -0.05) is 103 Å². The van der Waals surface area contributed by atoms with E-state index in [4.69, 9.17) is 0 Å². The predicted octanol–water partition coefficient (Wildman–Crippen LogP) is 6.05. The number of rotatable bonds is 8. The Morgan fingerprint density at radius 1 is 0.681 bits per heavy atom. The molecule has 252 valence electrons. The first-order chi connectivity index (χ1) is 22.3. The SMILES string of the molecule is CCCCN1/C(=C\C=C2/CCC/C(=C\C=C3\N(CCCC)c4ccccc4C3(C)C)C2=[N+]2CCNCC2)C(C)(C)c2ccccc21.[I-]. The Kier molecular flexibility index (Phi) is 11.6. The molecule has 0 spiro atoms. The second-order valence-electron chi connectivity index (χ2n) is 14.7. The number of nitrogens with one attached hydrogen (secondary N) is 1. The highest BCUT2D eigenvalue weighted by atomic mass is 127. The van der Waals surface area contributed by atoms with E-state index in [1.807, 2.05) is 0 Å². The molecule has 5 heteroatoms. The topological polar surface area (TPSA) is 21.5 Å². The summed E-state index contributed by atoms with van der Waals surface area (Å²) in [6.45, 7) is 20.6. The molecular formula is C42H57IN4. The lowest BCUT2D eigenvalue weighted by molar-refractivity contribution is -0.531. The van der Waals surface area contributed by atoms with E-state index in [0.717, 1.165) is 52.1 Å². The molecule has 0 amide bonds. The van der Waals surface area contributed by atoms with Gasteiger partial charge in [0.15, 0.2) is 13.1 Å². The quantitative estimate of drug-likeness (QED) is 0.263. The van der Waals surface area contributed by atoms with E-state index >= 15 is 0 Å². The zero-order valence-electron chi connectivity index (χ0n) is 29.8. The molecule has 1 N–H and O–H groups in total. The van der Waals surface area contributed by atoms with Gasteiger partial charge in [0.25, 0.3) is 0 Å². The minimum absolute atomic E-state index is 0. The number of nitrogens with zero attached hydrogens (tertiary/aromatic N) is 3. The smallest absolute Gasteiger partial charge is 0.206 e. The van der Waals surface area contributed by atoms with Crippen LogP contribution in [0.1, 0.15) is 97.6 Å². The summed E-state index contributed by atoms with van der Waals surface area (Å²) in [5.74, 6) is 0. The van der Waals surface area contributed by atoms with Crippen molar-refractivity contribution in [2.75, 3.05) is 49.1 Å². The third-order valence-electron chi connectivity index (χ3n) is 10.9. The van der Waals surface area contributed by atoms with Crippen LogP contribution in [0.2, 0.25) is 0 Å². The minimum atomic E-state index is -0.0145. The molecule has 0 aromatic heterocycles. The summed E-state index contributed by atoms with van der Waals surface area (Å²) in [7, 11) is 0. The van der Waals surface area contributed by atoms with Crippen LogP contribution < -0.4 is 39.1 Å². The lowest BCUT2D eigenvalue weighted by Gasteiger charge is -2.28. The summed E-state index contributed by atoms with van der Waals surface area (Å²) in [5.41, 5.74) is 13.0. The Morgan fingerprint density at radius 3 is 1.57 bits per heavy atom. The highest BCUT2D eigenvalue weighted by Crippen LogP contribution is 2.49. The Hall–Kier alpha value is -2.64. The van der Waals surface area contributed by atoms with Crippen LogP contribution in [0.5, 0.6) is 0 Å². The molecule has 0 bridgehead atoms. The van der Waals surface area contributed by atoms with Crippen LogP contribution in [0.25, 0.3) is 0 Å². The molecule has 3 heterocycles. The molecule has 47 heavy (non-hydrogen) atoms. The molecule has 2 aromatic rings. The third kappa shape index (κ3) is 6.94. The van der Waals surface area contributed by atoms with E-state index in [9.17, 15) is 0 Å². The van der Waals surface area contributed by atoms with Gasteiger partial charge >= 0.3 is 0 Å². The largest absolute Gasteiger partial charge is 1.00 e. The molecular weight excluding hydrogens is 687 g/mol. The first-order valence-corrected chi connectivity index (χ1v) is 18.2. The number of para-hydroxylation sites is 2. The third-order valence-corrected chi connectivity index (χ3v) is 10.9. The van der Waals surface area contributed by atoms with Crippen LogP contribution in [-0.2, 0) is 10.8 Å². The molecule has 3 aliphatic heterocycles. The van der Waals surface area contributed by atoms with Gasteiger partial charge in [-0.15, -0.1) is 0 Å². The van der Waals surface area contributed by atoms with E-state index in [-0.39, 0.29) is 34.8 Å². The Bertz CT molecular complexity index is 1470. The highest BCUT2D eigenvalue weighted by Gasteiger charge is 2.41. The van der Waals surface area contributed by atoms with Crippen molar-refractivity contribution in [2.45, 2.75) is 97.3 Å². The Labute approximate surface area is 302 Å². The first-order valence-electron chi connectivity index (χ1n) is 18.2. The van der Waals surface area contributed by atoms with Gasteiger partial charge in [-0.25, -0.2) is 4.58 Å². The average Bonchev–Trinajstić information content (AvgIpc) is 3.42. The fourth-order valence-corrected chi connectivity index (χ4v) is 8.29. The summed E-state index contributed by atoms with van der Waals surface area (Å²) in [6, 6.07) is 18.1. The fourth-order valence-electron chi connectivity index (χ4n) is 8.29.